The minimum atomic E-state index is 0.732. The lowest BCUT2D eigenvalue weighted by Crippen LogP contribution is -2.33. The first-order valence-corrected chi connectivity index (χ1v) is 5.86. The van der Waals surface area contributed by atoms with Crippen molar-refractivity contribution in [2.24, 2.45) is 13.0 Å². The maximum Gasteiger partial charge on any atom is 0.171 e. The summed E-state index contributed by atoms with van der Waals surface area (Å²) in [6.07, 6.45) is 4.35. The molecule has 1 fully saturated rings. The number of nitrogens with zero attached hydrogens (tertiary/aromatic N) is 3. The topological polar surface area (TPSA) is 59.1 Å². The molecule has 1 aliphatic rings. The maximum absolute atomic E-state index is 5.82. The fourth-order valence-corrected chi connectivity index (χ4v) is 2.15. The summed E-state index contributed by atoms with van der Waals surface area (Å²) < 4.78 is 1.74. The van der Waals surface area contributed by atoms with E-state index in [2.05, 4.69) is 22.4 Å². The summed E-state index contributed by atoms with van der Waals surface area (Å²) in [5, 5.41) is 7.62. The number of rotatable bonds is 3. The number of anilines is 2. The molecule has 1 saturated heterocycles. The molecule has 16 heavy (non-hydrogen) atoms. The van der Waals surface area contributed by atoms with Crippen LogP contribution in [0.4, 0.5) is 11.5 Å². The number of piperidine rings is 1. The highest BCUT2D eigenvalue weighted by atomic mass is 15.3. The van der Waals surface area contributed by atoms with E-state index in [0.717, 1.165) is 24.0 Å². The quantitative estimate of drug-likeness (QED) is 0.794. The van der Waals surface area contributed by atoms with Gasteiger partial charge in [0.25, 0.3) is 0 Å². The molecule has 1 aromatic rings. The van der Waals surface area contributed by atoms with Crippen LogP contribution >= 0.6 is 0 Å². The Balaban J connectivity index is 1.81. The van der Waals surface area contributed by atoms with Crippen molar-refractivity contribution in [2.75, 3.05) is 37.7 Å². The van der Waals surface area contributed by atoms with Crippen LogP contribution in [-0.4, -0.2) is 41.4 Å². The van der Waals surface area contributed by atoms with Crippen molar-refractivity contribution in [1.82, 2.24) is 14.7 Å². The minimum absolute atomic E-state index is 0.732. The molecule has 90 valence electrons. The molecule has 1 aromatic heterocycles. The van der Waals surface area contributed by atoms with Crippen LogP contribution in [0.25, 0.3) is 0 Å². The van der Waals surface area contributed by atoms with Crippen molar-refractivity contribution in [1.29, 1.82) is 0 Å². The molecule has 0 amide bonds. The SMILES string of the molecule is CN1CCC(CNc2nn(C)cc2N)CC1. The zero-order valence-corrected chi connectivity index (χ0v) is 10.1. The minimum Gasteiger partial charge on any atom is -0.394 e. The van der Waals surface area contributed by atoms with Crippen LogP contribution in [0.3, 0.4) is 0 Å². The maximum atomic E-state index is 5.82. The normalized spacial score (nSPS) is 18.9. The Labute approximate surface area is 96.6 Å². The predicted octanol–water partition coefficient (Wildman–Crippen LogP) is 0.756. The molecular formula is C11H21N5. The van der Waals surface area contributed by atoms with E-state index in [9.17, 15) is 0 Å². The average molecular weight is 223 g/mol. The Kier molecular flexibility index (Phi) is 3.33. The van der Waals surface area contributed by atoms with E-state index >= 15 is 0 Å². The standard InChI is InChI=1S/C11H21N5/c1-15-5-3-9(4-6-15)7-13-11-10(12)8-16(2)14-11/h8-9H,3-7,12H2,1-2H3,(H,13,14). The molecule has 0 unspecified atom stereocenters. The van der Waals surface area contributed by atoms with Crippen LogP contribution in [0, 0.1) is 5.92 Å². The molecule has 0 saturated carbocycles. The Morgan fingerprint density at radius 2 is 2.12 bits per heavy atom. The molecule has 2 rings (SSSR count). The van der Waals surface area contributed by atoms with Crippen LogP contribution in [0.15, 0.2) is 6.20 Å². The lowest BCUT2D eigenvalue weighted by atomic mass is 9.97. The second-order valence-corrected chi connectivity index (χ2v) is 4.73. The van der Waals surface area contributed by atoms with Crippen LogP contribution < -0.4 is 11.1 Å². The first-order chi connectivity index (χ1) is 7.65. The first kappa shape index (κ1) is 11.3. The van der Waals surface area contributed by atoms with Gasteiger partial charge in [-0.3, -0.25) is 4.68 Å². The Morgan fingerprint density at radius 1 is 1.44 bits per heavy atom. The summed E-state index contributed by atoms with van der Waals surface area (Å²) in [6, 6.07) is 0. The van der Waals surface area contributed by atoms with E-state index in [1.54, 1.807) is 4.68 Å². The van der Waals surface area contributed by atoms with E-state index in [-0.39, 0.29) is 0 Å². The van der Waals surface area contributed by atoms with Gasteiger partial charge in [0.05, 0.1) is 5.69 Å². The first-order valence-electron chi connectivity index (χ1n) is 5.86. The lowest BCUT2D eigenvalue weighted by molar-refractivity contribution is 0.226. The molecule has 3 N–H and O–H groups in total. The Hall–Kier alpha value is -1.23. The summed E-state index contributed by atoms with van der Waals surface area (Å²) in [5.74, 6) is 1.57. The number of aryl methyl sites for hydroxylation is 1. The van der Waals surface area contributed by atoms with Crippen LogP contribution in [-0.2, 0) is 7.05 Å². The van der Waals surface area contributed by atoms with Crippen molar-refractivity contribution in [3.8, 4) is 0 Å². The second kappa shape index (κ2) is 4.74. The molecule has 5 nitrogen and oxygen atoms in total. The highest BCUT2D eigenvalue weighted by Crippen LogP contribution is 2.19. The summed E-state index contributed by atoms with van der Waals surface area (Å²) >= 11 is 0. The Bertz CT molecular complexity index is 338. The van der Waals surface area contributed by atoms with E-state index < -0.39 is 0 Å². The summed E-state index contributed by atoms with van der Waals surface area (Å²) in [6.45, 7) is 3.38. The van der Waals surface area contributed by atoms with Gasteiger partial charge in [-0.05, 0) is 38.9 Å². The smallest absolute Gasteiger partial charge is 0.171 e. The molecule has 0 bridgehead atoms. The average Bonchev–Trinajstić information content (AvgIpc) is 2.57. The third-order valence-electron chi connectivity index (χ3n) is 3.25. The van der Waals surface area contributed by atoms with Crippen LogP contribution in [0.1, 0.15) is 12.8 Å². The zero-order chi connectivity index (χ0) is 11.5. The Morgan fingerprint density at radius 3 is 2.69 bits per heavy atom. The monoisotopic (exact) mass is 223 g/mol. The lowest BCUT2D eigenvalue weighted by Gasteiger charge is -2.28. The fourth-order valence-electron chi connectivity index (χ4n) is 2.15. The van der Waals surface area contributed by atoms with Gasteiger partial charge in [-0.25, -0.2) is 0 Å². The highest BCUT2D eigenvalue weighted by Gasteiger charge is 2.16. The van der Waals surface area contributed by atoms with E-state index in [4.69, 9.17) is 5.73 Å². The van der Waals surface area contributed by atoms with Crippen molar-refractivity contribution < 1.29 is 0 Å². The van der Waals surface area contributed by atoms with Crippen molar-refractivity contribution in [3.63, 3.8) is 0 Å². The molecule has 2 heterocycles. The molecule has 0 atom stereocenters. The molecule has 0 aliphatic carbocycles. The van der Waals surface area contributed by atoms with Gasteiger partial charge < -0.3 is 16.0 Å². The summed E-state index contributed by atoms with van der Waals surface area (Å²) in [5.41, 5.74) is 6.56. The molecule has 5 heteroatoms. The number of hydrogen-bond donors (Lipinski definition) is 2. The number of likely N-dealkylation sites (tertiary alicyclic amines) is 1. The number of nitrogens with one attached hydrogen (secondary N) is 1. The second-order valence-electron chi connectivity index (χ2n) is 4.73. The van der Waals surface area contributed by atoms with Crippen LogP contribution in [0.2, 0.25) is 0 Å². The number of hydrogen-bond acceptors (Lipinski definition) is 4. The molecule has 1 aliphatic heterocycles. The van der Waals surface area contributed by atoms with Gasteiger partial charge in [0.15, 0.2) is 5.82 Å². The van der Waals surface area contributed by atoms with E-state index in [0.29, 0.717) is 0 Å². The number of aromatic nitrogens is 2. The third kappa shape index (κ3) is 2.66. The van der Waals surface area contributed by atoms with Crippen molar-refractivity contribution in [3.05, 3.63) is 6.20 Å². The van der Waals surface area contributed by atoms with Gasteiger partial charge >= 0.3 is 0 Å². The summed E-state index contributed by atoms with van der Waals surface area (Å²) in [7, 11) is 4.07. The van der Waals surface area contributed by atoms with E-state index in [1.165, 1.54) is 25.9 Å². The van der Waals surface area contributed by atoms with Gasteiger partial charge in [-0.15, -0.1) is 0 Å². The number of nitrogen functional groups attached to an aromatic ring is 1. The largest absolute Gasteiger partial charge is 0.394 e. The molecule has 0 aromatic carbocycles. The number of nitrogens with two attached hydrogens (primary N) is 1. The van der Waals surface area contributed by atoms with Crippen molar-refractivity contribution >= 4 is 11.5 Å². The molecular weight excluding hydrogens is 202 g/mol. The van der Waals surface area contributed by atoms with Gasteiger partial charge in [0.2, 0.25) is 0 Å². The zero-order valence-electron chi connectivity index (χ0n) is 10.1. The van der Waals surface area contributed by atoms with Gasteiger partial charge in [-0.1, -0.05) is 0 Å². The summed E-state index contributed by atoms with van der Waals surface area (Å²) in [4.78, 5) is 2.38. The molecule has 0 spiro atoms. The van der Waals surface area contributed by atoms with Gasteiger partial charge in [-0.2, -0.15) is 5.10 Å². The van der Waals surface area contributed by atoms with Crippen LogP contribution in [0.5, 0.6) is 0 Å². The fraction of sp³-hybridized carbons (Fsp3) is 0.727. The molecule has 0 radical (unpaired) electrons. The van der Waals surface area contributed by atoms with Gasteiger partial charge in [0, 0.05) is 19.8 Å². The van der Waals surface area contributed by atoms with E-state index in [1.807, 2.05) is 13.2 Å². The van der Waals surface area contributed by atoms with Crippen molar-refractivity contribution in [2.45, 2.75) is 12.8 Å². The third-order valence-corrected chi connectivity index (χ3v) is 3.25. The van der Waals surface area contributed by atoms with Gasteiger partial charge in [0.1, 0.15) is 0 Å². The highest BCUT2D eigenvalue weighted by molar-refractivity contribution is 5.59. The predicted molar refractivity (Wildman–Crippen MR) is 66.3 cm³/mol.